The Bertz CT molecular complexity index is 2450. The van der Waals surface area contributed by atoms with Gasteiger partial charge in [0.2, 0.25) is 5.84 Å². The molecule has 0 aliphatic carbocycles. The molecule has 240 valence electrons. The highest BCUT2D eigenvalue weighted by atomic mass is 16.2. The third-order valence-corrected chi connectivity index (χ3v) is 8.22. The zero-order valence-electron chi connectivity index (χ0n) is 26.6. The summed E-state index contributed by atoms with van der Waals surface area (Å²) in [7, 11) is 0. The van der Waals surface area contributed by atoms with E-state index in [0.717, 1.165) is 33.6 Å². The number of amides is 1. The van der Waals surface area contributed by atoms with Crippen LogP contribution in [0.4, 0.5) is 17.1 Å². The Labute approximate surface area is 287 Å². The molecular formula is C40H29N9O. The van der Waals surface area contributed by atoms with Crippen LogP contribution in [0.15, 0.2) is 168 Å². The topological polar surface area (TPSA) is 124 Å². The van der Waals surface area contributed by atoms with E-state index in [1.54, 1.807) is 15.9 Å². The quantitative estimate of drug-likeness (QED) is 0.148. The van der Waals surface area contributed by atoms with Crippen molar-refractivity contribution >= 4 is 45.7 Å². The number of rotatable bonds is 8. The predicted molar refractivity (Wildman–Crippen MR) is 198 cm³/mol. The summed E-state index contributed by atoms with van der Waals surface area (Å²) in [6.07, 6.45) is 1.57. The number of aliphatic imine (C=N–C) groups is 1. The first-order valence-corrected chi connectivity index (χ1v) is 15.9. The normalized spacial score (nSPS) is 13.4. The fraction of sp³-hybridized carbons (Fsp3) is 0. The first-order valence-electron chi connectivity index (χ1n) is 15.9. The van der Waals surface area contributed by atoms with Gasteiger partial charge in [0.1, 0.15) is 12.2 Å². The number of carbonyl (C=O) groups is 1. The number of anilines is 3. The van der Waals surface area contributed by atoms with Gasteiger partial charge in [0.15, 0.2) is 11.1 Å². The minimum atomic E-state index is -0.347. The molecule has 3 heterocycles. The van der Waals surface area contributed by atoms with Gasteiger partial charge in [0.25, 0.3) is 0 Å². The van der Waals surface area contributed by atoms with Gasteiger partial charge in [0, 0.05) is 11.1 Å². The summed E-state index contributed by atoms with van der Waals surface area (Å²) in [5.41, 5.74) is 13.1. The van der Waals surface area contributed by atoms with E-state index in [2.05, 4.69) is 25.9 Å². The monoisotopic (exact) mass is 651 g/mol. The Hall–Kier alpha value is -7.20. The summed E-state index contributed by atoms with van der Waals surface area (Å²) < 4.78 is 1.59. The predicted octanol–water partition coefficient (Wildman–Crippen LogP) is 7.34. The molecule has 0 bridgehead atoms. The van der Waals surface area contributed by atoms with E-state index in [1.807, 2.05) is 152 Å². The van der Waals surface area contributed by atoms with Gasteiger partial charge in [0.05, 0.1) is 28.1 Å². The molecule has 5 aromatic carbocycles. The van der Waals surface area contributed by atoms with E-state index in [4.69, 9.17) is 10.4 Å². The average molecular weight is 652 g/mol. The molecule has 0 radical (unpaired) electrons. The summed E-state index contributed by atoms with van der Waals surface area (Å²) in [5.74, 6) is 0.188. The van der Waals surface area contributed by atoms with Crippen LogP contribution < -0.4 is 21.2 Å². The van der Waals surface area contributed by atoms with E-state index in [1.165, 1.54) is 0 Å². The van der Waals surface area contributed by atoms with Gasteiger partial charge in [-0.25, -0.2) is 19.6 Å². The molecule has 2 aromatic heterocycles. The number of pyridine rings is 1. The van der Waals surface area contributed by atoms with E-state index < -0.39 is 0 Å². The molecule has 7 aromatic rings. The van der Waals surface area contributed by atoms with Crippen LogP contribution in [0.25, 0.3) is 33.4 Å². The number of hydrogen-bond donors (Lipinski definition) is 3. The number of nitrogens with one attached hydrogen (secondary N) is 3. The standard InChI is InChI=1S/C40H29N9O/c41-36-35-33(27-13-5-1-6-14-27)25-34(43-37(35)42-26-48(36)47-31-19-11-4-12-20-31)28-21-23-32(24-22-28)49-39(29-15-7-2-8-16-29)44-38(40(49)50)46-45-30-17-9-3-10-18-30/h1-26,41,45,47H/b41-36?,46-38-. The summed E-state index contributed by atoms with van der Waals surface area (Å²) in [6, 6.07) is 48.2. The zero-order chi connectivity index (χ0) is 33.9. The second-order valence-corrected chi connectivity index (χ2v) is 11.5. The van der Waals surface area contributed by atoms with Crippen LogP contribution >= 0.6 is 0 Å². The molecule has 1 aliphatic rings. The fourth-order valence-electron chi connectivity index (χ4n) is 5.78. The lowest BCUT2D eigenvalue weighted by molar-refractivity contribution is -0.111. The Balaban J connectivity index is 1.17. The number of nitrogens with zero attached hydrogens (tertiary/aromatic N) is 6. The van der Waals surface area contributed by atoms with Crippen LogP contribution in [-0.2, 0) is 4.79 Å². The second kappa shape index (κ2) is 13.1. The molecule has 1 aliphatic heterocycles. The Kier molecular flexibility index (Phi) is 7.92. The lowest BCUT2D eigenvalue weighted by Crippen LogP contribution is -2.34. The van der Waals surface area contributed by atoms with Gasteiger partial charge in [-0.2, -0.15) is 0 Å². The van der Waals surface area contributed by atoms with Crippen molar-refractivity contribution in [3.63, 3.8) is 0 Å². The highest BCUT2D eigenvalue weighted by molar-refractivity contribution is 6.55. The van der Waals surface area contributed by atoms with Gasteiger partial charge in [-0.05, 0) is 53.6 Å². The number of amidine groups is 2. The van der Waals surface area contributed by atoms with Crippen LogP contribution in [0.3, 0.4) is 0 Å². The fourth-order valence-corrected chi connectivity index (χ4v) is 5.78. The van der Waals surface area contributed by atoms with Crippen molar-refractivity contribution in [2.75, 3.05) is 15.8 Å². The number of aromatic nitrogens is 3. The van der Waals surface area contributed by atoms with Crippen molar-refractivity contribution in [2.45, 2.75) is 0 Å². The second-order valence-electron chi connectivity index (χ2n) is 11.5. The highest BCUT2D eigenvalue weighted by Gasteiger charge is 2.34. The summed E-state index contributed by atoms with van der Waals surface area (Å²) in [4.78, 5) is 29.6. The van der Waals surface area contributed by atoms with E-state index in [9.17, 15) is 4.79 Å². The van der Waals surface area contributed by atoms with Crippen molar-refractivity contribution < 1.29 is 4.79 Å². The first-order chi connectivity index (χ1) is 24.6. The minimum Gasteiger partial charge on any atom is -0.292 e. The Morgan fingerprint density at radius 2 is 1.26 bits per heavy atom. The molecule has 8 rings (SSSR count). The zero-order valence-corrected chi connectivity index (χ0v) is 26.6. The van der Waals surface area contributed by atoms with Crippen molar-refractivity contribution in [3.05, 3.63) is 169 Å². The number of fused-ring (bicyclic) bond motifs is 1. The van der Waals surface area contributed by atoms with Crippen molar-refractivity contribution in [1.82, 2.24) is 14.6 Å². The van der Waals surface area contributed by atoms with Gasteiger partial charge < -0.3 is 0 Å². The first kappa shape index (κ1) is 30.2. The number of hydrazone groups is 1. The van der Waals surface area contributed by atoms with Crippen LogP contribution in [0.2, 0.25) is 0 Å². The molecule has 3 N–H and O–H groups in total. The van der Waals surface area contributed by atoms with Gasteiger partial charge in [-0.1, -0.05) is 109 Å². The Morgan fingerprint density at radius 3 is 1.92 bits per heavy atom. The van der Waals surface area contributed by atoms with Crippen LogP contribution in [-0.4, -0.2) is 32.2 Å². The number of para-hydroxylation sites is 2. The third-order valence-electron chi connectivity index (χ3n) is 8.22. The number of hydrogen-bond acceptors (Lipinski definition) is 7. The maximum Gasteiger partial charge on any atom is 0.303 e. The van der Waals surface area contributed by atoms with Gasteiger partial charge in [-0.15, -0.1) is 5.10 Å². The van der Waals surface area contributed by atoms with Crippen LogP contribution in [0.1, 0.15) is 5.56 Å². The van der Waals surface area contributed by atoms with E-state index >= 15 is 0 Å². The highest BCUT2D eigenvalue weighted by Crippen LogP contribution is 2.32. The number of benzene rings is 5. The molecule has 50 heavy (non-hydrogen) atoms. The Morgan fingerprint density at radius 1 is 0.660 bits per heavy atom. The molecule has 0 saturated carbocycles. The lowest BCUT2D eigenvalue weighted by Gasteiger charge is -2.19. The molecule has 0 fully saturated rings. The maximum absolute atomic E-state index is 13.8. The van der Waals surface area contributed by atoms with E-state index in [0.29, 0.717) is 28.3 Å². The van der Waals surface area contributed by atoms with Crippen LogP contribution in [0, 0.1) is 5.41 Å². The molecule has 0 spiro atoms. The maximum atomic E-state index is 13.8. The van der Waals surface area contributed by atoms with Crippen molar-refractivity contribution in [3.8, 4) is 22.4 Å². The minimum absolute atomic E-state index is 0.0525. The van der Waals surface area contributed by atoms with Crippen molar-refractivity contribution in [1.29, 1.82) is 5.41 Å². The number of carbonyl (C=O) groups excluding carboxylic acids is 1. The molecule has 10 nitrogen and oxygen atoms in total. The van der Waals surface area contributed by atoms with Gasteiger partial charge >= 0.3 is 5.91 Å². The largest absolute Gasteiger partial charge is 0.303 e. The van der Waals surface area contributed by atoms with Crippen molar-refractivity contribution in [2.24, 2.45) is 10.1 Å². The van der Waals surface area contributed by atoms with Gasteiger partial charge in [-0.3, -0.25) is 26.0 Å². The average Bonchev–Trinajstić information content (AvgIpc) is 3.51. The van der Waals surface area contributed by atoms with Crippen LogP contribution in [0.5, 0.6) is 0 Å². The summed E-state index contributed by atoms with van der Waals surface area (Å²) in [6.45, 7) is 0. The third kappa shape index (κ3) is 5.88. The smallest absolute Gasteiger partial charge is 0.292 e. The van der Waals surface area contributed by atoms with E-state index in [-0.39, 0.29) is 17.2 Å². The summed E-state index contributed by atoms with van der Waals surface area (Å²) >= 11 is 0. The molecule has 0 unspecified atom stereocenters. The summed E-state index contributed by atoms with van der Waals surface area (Å²) in [5, 5.41) is 14.1. The molecule has 0 saturated heterocycles. The molecular weight excluding hydrogens is 623 g/mol. The molecule has 1 amide bonds. The molecule has 10 heteroatoms. The SMILES string of the molecule is N=c1c2c(-c3ccccc3)cc(-c3ccc(N4C(=O)/C(=N/Nc5ccccc5)N=C4c4ccccc4)cc3)nc2ncn1Nc1ccccc1. The molecule has 0 atom stereocenters. The lowest BCUT2D eigenvalue weighted by atomic mass is 10.00.